The largest absolute Gasteiger partial charge is 0.436 e. The van der Waals surface area contributed by atoms with E-state index in [1.165, 1.54) is 13.0 Å². The van der Waals surface area contributed by atoms with Gasteiger partial charge in [0.2, 0.25) is 5.89 Å². The van der Waals surface area contributed by atoms with Gasteiger partial charge in [-0.15, -0.1) is 0 Å². The number of amides is 1. The molecule has 0 unspecified atom stereocenters. The van der Waals surface area contributed by atoms with Crippen LogP contribution in [0.15, 0.2) is 77.2 Å². The molecule has 0 spiro atoms. The highest BCUT2D eigenvalue weighted by Gasteiger charge is 2.11. The van der Waals surface area contributed by atoms with Crippen LogP contribution in [0.2, 0.25) is 0 Å². The maximum Gasteiger partial charge on any atom is 0.308 e. The summed E-state index contributed by atoms with van der Waals surface area (Å²) in [6, 6.07) is 21.2. The SMILES string of the molecule is CC(=O)Oc1cccc(C(=O)Nc2cccc(-c3nc4ccccc4o3)c2)c1. The standard InChI is InChI=1S/C22H16N2O4/c1-14(25)27-18-9-5-6-15(13-18)21(26)23-17-8-4-7-16(12-17)22-24-19-10-2-3-11-20(19)28-22/h2-13H,1H3,(H,23,26). The Morgan fingerprint density at radius 3 is 2.61 bits per heavy atom. The van der Waals surface area contributed by atoms with Crippen molar-refractivity contribution >= 4 is 28.7 Å². The summed E-state index contributed by atoms with van der Waals surface area (Å²) < 4.78 is 10.8. The van der Waals surface area contributed by atoms with E-state index < -0.39 is 5.97 Å². The van der Waals surface area contributed by atoms with Crippen molar-refractivity contribution in [3.63, 3.8) is 0 Å². The van der Waals surface area contributed by atoms with Crippen molar-refractivity contribution in [2.24, 2.45) is 0 Å². The summed E-state index contributed by atoms with van der Waals surface area (Å²) in [6.07, 6.45) is 0. The van der Waals surface area contributed by atoms with Gasteiger partial charge in [-0.2, -0.15) is 0 Å². The zero-order chi connectivity index (χ0) is 19.5. The number of anilines is 1. The monoisotopic (exact) mass is 372 g/mol. The molecule has 0 fully saturated rings. The molecule has 1 N–H and O–H groups in total. The Morgan fingerprint density at radius 1 is 0.964 bits per heavy atom. The minimum Gasteiger partial charge on any atom is -0.436 e. The number of oxazole rings is 1. The normalized spacial score (nSPS) is 10.6. The molecule has 0 aliphatic carbocycles. The summed E-state index contributed by atoms with van der Waals surface area (Å²) in [5.74, 6) is 0.0434. The first-order chi connectivity index (χ1) is 13.6. The number of carbonyl (C=O) groups excluding carboxylic acids is 2. The fourth-order valence-corrected chi connectivity index (χ4v) is 2.80. The van der Waals surface area contributed by atoms with Crippen LogP contribution in [-0.2, 0) is 4.79 Å². The van der Waals surface area contributed by atoms with Gasteiger partial charge >= 0.3 is 5.97 Å². The van der Waals surface area contributed by atoms with Crippen LogP contribution >= 0.6 is 0 Å². The number of carbonyl (C=O) groups is 2. The Hall–Kier alpha value is -3.93. The van der Waals surface area contributed by atoms with Crippen molar-refractivity contribution in [3.8, 4) is 17.2 Å². The van der Waals surface area contributed by atoms with E-state index in [1.54, 1.807) is 30.3 Å². The van der Waals surface area contributed by atoms with Gasteiger partial charge in [-0.05, 0) is 48.5 Å². The van der Waals surface area contributed by atoms with Crippen LogP contribution in [0, 0.1) is 0 Å². The van der Waals surface area contributed by atoms with Crippen molar-refractivity contribution in [1.82, 2.24) is 4.98 Å². The first kappa shape index (κ1) is 17.5. The van der Waals surface area contributed by atoms with Crippen molar-refractivity contribution in [3.05, 3.63) is 78.4 Å². The van der Waals surface area contributed by atoms with Crippen LogP contribution in [0.25, 0.3) is 22.6 Å². The van der Waals surface area contributed by atoms with Gasteiger partial charge < -0.3 is 14.5 Å². The van der Waals surface area contributed by atoms with E-state index in [1.807, 2.05) is 36.4 Å². The third-order valence-corrected chi connectivity index (χ3v) is 4.02. The van der Waals surface area contributed by atoms with Crippen LogP contribution in [0.5, 0.6) is 5.75 Å². The molecule has 1 aromatic heterocycles. The predicted octanol–water partition coefficient (Wildman–Crippen LogP) is 4.67. The summed E-state index contributed by atoms with van der Waals surface area (Å²) in [5.41, 5.74) is 3.21. The molecule has 6 heteroatoms. The third kappa shape index (κ3) is 3.76. The van der Waals surface area contributed by atoms with Crippen molar-refractivity contribution < 1.29 is 18.7 Å². The van der Waals surface area contributed by atoms with Crippen molar-refractivity contribution in [2.75, 3.05) is 5.32 Å². The van der Waals surface area contributed by atoms with Crippen LogP contribution in [0.3, 0.4) is 0 Å². The molecule has 0 aliphatic heterocycles. The Kier molecular flexibility index (Phi) is 4.60. The number of ether oxygens (including phenoxy) is 1. The molecule has 0 saturated carbocycles. The number of nitrogens with zero attached hydrogens (tertiary/aromatic N) is 1. The molecule has 4 rings (SSSR count). The molecule has 28 heavy (non-hydrogen) atoms. The van der Waals surface area contributed by atoms with Gasteiger partial charge in [-0.25, -0.2) is 4.98 Å². The first-order valence-electron chi connectivity index (χ1n) is 8.64. The zero-order valence-electron chi connectivity index (χ0n) is 15.0. The van der Waals surface area contributed by atoms with E-state index in [4.69, 9.17) is 9.15 Å². The number of hydrogen-bond acceptors (Lipinski definition) is 5. The van der Waals surface area contributed by atoms with Crippen molar-refractivity contribution in [1.29, 1.82) is 0 Å². The molecular formula is C22H16N2O4. The lowest BCUT2D eigenvalue weighted by atomic mass is 10.1. The second-order valence-corrected chi connectivity index (χ2v) is 6.14. The molecule has 3 aromatic carbocycles. The van der Waals surface area contributed by atoms with Gasteiger partial charge in [0.05, 0.1) is 0 Å². The zero-order valence-corrected chi connectivity index (χ0v) is 15.0. The second-order valence-electron chi connectivity index (χ2n) is 6.14. The maximum absolute atomic E-state index is 12.6. The van der Waals surface area contributed by atoms with E-state index in [-0.39, 0.29) is 5.91 Å². The highest BCUT2D eigenvalue weighted by Crippen LogP contribution is 2.26. The lowest BCUT2D eigenvalue weighted by molar-refractivity contribution is -0.131. The number of aromatic nitrogens is 1. The Morgan fingerprint density at radius 2 is 1.79 bits per heavy atom. The van der Waals surface area contributed by atoms with Gasteiger partial charge in [-0.3, -0.25) is 9.59 Å². The van der Waals surface area contributed by atoms with E-state index in [2.05, 4.69) is 10.3 Å². The van der Waals surface area contributed by atoms with E-state index in [9.17, 15) is 9.59 Å². The fourth-order valence-electron chi connectivity index (χ4n) is 2.80. The van der Waals surface area contributed by atoms with Gasteiger partial charge in [0.15, 0.2) is 5.58 Å². The molecule has 138 valence electrons. The molecule has 0 atom stereocenters. The highest BCUT2D eigenvalue weighted by atomic mass is 16.5. The Bertz CT molecular complexity index is 1150. The number of rotatable bonds is 4. The number of hydrogen-bond donors (Lipinski definition) is 1. The van der Waals surface area contributed by atoms with Gasteiger partial charge in [0, 0.05) is 23.7 Å². The number of fused-ring (bicyclic) bond motifs is 1. The number of para-hydroxylation sites is 2. The van der Waals surface area contributed by atoms with Crippen LogP contribution in [0.4, 0.5) is 5.69 Å². The molecule has 1 amide bonds. The van der Waals surface area contributed by atoms with E-state index in [0.717, 1.165) is 11.1 Å². The summed E-state index contributed by atoms with van der Waals surface area (Å²) in [7, 11) is 0. The van der Waals surface area contributed by atoms with Gasteiger partial charge in [0.25, 0.3) is 5.91 Å². The van der Waals surface area contributed by atoms with Gasteiger partial charge in [-0.1, -0.05) is 24.3 Å². The van der Waals surface area contributed by atoms with E-state index in [0.29, 0.717) is 28.5 Å². The molecule has 0 radical (unpaired) electrons. The summed E-state index contributed by atoms with van der Waals surface area (Å²) in [6.45, 7) is 1.31. The quantitative estimate of drug-likeness (QED) is 0.416. The maximum atomic E-state index is 12.6. The van der Waals surface area contributed by atoms with Crippen LogP contribution in [-0.4, -0.2) is 16.9 Å². The van der Waals surface area contributed by atoms with Gasteiger partial charge in [0.1, 0.15) is 11.3 Å². The summed E-state index contributed by atoms with van der Waals surface area (Å²) in [5, 5.41) is 2.83. The van der Waals surface area contributed by atoms with Crippen LogP contribution < -0.4 is 10.1 Å². The summed E-state index contributed by atoms with van der Waals surface area (Å²) in [4.78, 5) is 28.1. The summed E-state index contributed by atoms with van der Waals surface area (Å²) >= 11 is 0. The minimum absolute atomic E-state index is 0.316. The topological polar surface area (TPSA) is 81.4 Å². The molecule has 0 bridgehead atoms. The lowest BCUT2D eigenvalue weighted by Crippen LogP contribution is -2.12. The molecule has 6 nitrogen and oxygen atoms in total. The molecule has 1 heterocycles. The minimum atomic E-state index is -0.441. The highest BCUT2D eigenvalue weighted by molar-refractivity contribution is 6.04. The lowest BCUT2D eigenvalue weighted by Gasteiger charge is -2.08. The first-order valence-corrected chi connectivity index (χ1v) is 8.64. The molecular weight excluding hydrogens is 356 g/mol. The van der Waals surface area contributed by atoms with Crippen molar-refractivity contribution in [2.45, 2.75) is 6.92 Å². The number of esters is 1. The fraction of sp³-hybridized carbons (Fsp3) is 0.0455. The predicted molar refractivity (Wildman–Crippen MR) is 105 cm³/mol. The number of nitrogens with one attached hydrogen (secondary N) is 1. The molecule has 0 aliphatic rings. The number of benzene rings is 3. The third-order valence-electron chi connectivity index (χ3n) is 4.02. The second kappa shape index (κ2) is 7.36. The Labute approximate surface area is 160 Å². The van der Waals surface area contributed by atoms with E-state index >= 15 is 0 Å². The average molecular weight is 372 g/mol. The Balaban J connectivity index is 1.56. The molecule has 4 aromatic rings. The van der Waals surface area contributed by atoms with Crippen LogP contribution in [0.1, 0.15) is 17.3 Å². The smallest absolute Gasteiger partial charge is 0.308 e. The molecule has 0 saturated heterocycles. The average Bonchev–Trinajstić information content (AvgIpc) is 3.12.